The van der Waals surface area contributed by atoms with E-state index in [-0.39, 0.29) is 29.2 Å². The van der Waals surface area contributed by atoms with Gasteiger partial charge in [0, 0.05) is 37.5 Å². The summed E-state index contributed by atoms with van der Waals surface area (Å²) >= 11 is 6.28. The molecule has 190 valence electrons. The zero-order valence-corrected chi connectivity index (χ0v) is 21.0. The fourth-order valence-corrected chi connectivity index (χ4v) is 4.39. The molecule has 2 aromatic carbocycles. The number of hydrogen-bond acceptors (Lipinski definition) is 7. The number of nitrogens with zero attached hydrogens (tertiary/aromatic N) is 3. The van der Waals surface area contributed by atoms with Crippen molar-refractivity contribution < 1.29 is 19.0 Å². The number of nitrogens with one attached hydrogen (secondary N) is 1. The molecule has 3 aromatic rings. The standard InChI is InChI=1S/C26H29ClN4O5/c1-34-21-11-10-19(22(13-21)35-2)14-28-24-25(32)31(16-23(27)29-24)20-9-6-12-30(15-20)26(33)36-17-18-7-4-3-5-8-18/h3-5,7-8,10-11,13,16,20H,6,9,12,14-15,17H2,1-2H3,(H,28,29). The van der Waals surface area contributed by atoms with Crippen molar-refractivity contribution in [1.82, 2.24) is 14.5 Å². The van der Waals surface area contributed by atoms with Crippen LogP contribution in [0.4, 0.5) is 10.6 Å². The van der Waals surface area contributed by atoms with Gasteiger partial charge >= 0.3 is 6.09 Å². The van der Waals surface area contributed by atoms with Crippen LogP contribution in [0.5, 0.6) is 11.5 Å². The number of carbonyl (C=O) groups is 1. The van der Waals surface area contributed by atoms with E-state index in [4.69, 9.17) is 25.8 Å². The summed E-state index contributed by atoms with van der Waals surface area (Å²) in [6, 6.07) is 14.7. The molecular weight excluding hydrogens is 484 g/mol. The van der Waals surface area contributed by atoms with E-state index in [0.29, 0.717) is 31.1 Å². The van der Waals surface area contributed by atoms with Crippen LogP contribution in [0.15, 0.2) is 59.5 Å². The molecule has 1 unspecified atom stereocenters. The minimum absolute atomic E-state index is 0.129. The fraction of sp³-hybridized carbons (Fsp3) is 0.346. The number of hydrogen-bond donors (Lipinski definition) is 1. The summed E-state index contributed by atoms with van der Waals surface area (Å²) < 4.78 is 17.7. The molecule has 0 radical (unpaired) electrons. The Morgan fingerprint density at radius 1 is 1.17 bits per heavy atom. The van der Waals surface area contributed by atoms with Crippen LogP contribution < -0.4 is 20.3 Å². The highest BCUT2D eigenvalue weighted by Crippen LogP contribution is 2.26. The summed E-state index contributed by atoms with van der Waals surface area (Å²) in [6.07, 6.45) is 2.59. The Morgan fingerprint density at radius 3 is 2.72 bits per heavy atom. The highest BCUT2D eigenvalue weighted by molar-refractivity contribution is 6.29. The molecule has 1 aromatic heterocycles. The van der Waals surface area contributed by atoms with Crippen LogP contribution in [-0.4, -0.2) is 47.9 Å². The maximum atomic E-state index is 13.3. The Hall–Kier alpha value is -3.72. The molecule has 1 aliphatic heterocycles. The lowest BCUT2D eigenvalue weighted by molar-refractivity contribution is 0.0798. The Labute approximate surface area is 214 Å². The van der Waals surface area contributed by atoms with E-state index in [1.54, 1.807) is 29.8 Å². The zero-order valence-electron chi connectivity index (χ0n) is 20.3. The lowest BCUT2D eigenvalue weighted by atomic mass is 10.1. The summed E-state index contributed by atoms with van der Waals surface area (Å²) in [7, 11) is 3.16. The van der Waals surface area contributed by atoms with Gasteiger partial charge in [0.2, 0.25) is 0 Å². The number of piperidine rings is 1. The molecule has 1 atom stereocenters. The lowest BCUT2D eigenvalue weighted by Crippen LogP contribution is -2.43. The van der Waals surface area contributed by atoms with Gasteiger partial charge in [-0.3, -0.25) is 4.79 Å². The Balaban J connectivity index is 1.45. The van der Waals surface area contributed by atoms with Crippen molar-refractivity contribution in [3.63, 3.8) is 0 Å². The minimum atomic E-state index is -0.401. The molecule has 0 spiro atoms. The largest absolute Gasteiger partial charge is 0.497 e. The van der Waals surface area contributed by atoms with Gasteiger partial charge < -0.3 is 29.0 Å². The third-order valence-electron chi connectivity index (χ3n) is 6.10. The van der Waals surface area contributed by atoms with E-state index in [0.717, 1.165) is 24.0 Å². The number of methoxy groups -OCH3 is 2. The van der Waals surface area contributed by atoms with Crippen LogP contribution in [0.1, 0.15) is 30.0 Å². The van der Waals surface area contributed by atoms with E-state index in [1.807, 2.05) is 42.5 Å². The first-order chi connectivity index (χ1) is 17.5. The Kier molecular flexibility index (Phi) is 8.32. The van der Waals surface area contributed by atoms with Crippen LogP contribution >= 0.6 is 11.6 Å². The molecule has 1 fully saturated rings. The number of benzene rings is 2. The summed E-state index contributed by atoms with van der Waals surface area (Å²) in [5.41, 5.74) is 1.44. The number of ether oxygens (including phenoxy) is 3. The molecule has 1 aliphatic rings. The normalized spacial score (nSPS) is 15.3. The first-order valence-electron chi connectivity index (χ1n) is 11.7. The zero-order chi connectivity index (χ0) is 25.5. The predicted octanol–water partition coefficient (Wildman–Crippen LogP) is 4.50. The van der Waals surface area contributed by atoms with Crippen molar-refractivity contribution in [2.75, 3.05) is 32.6 Å². The van der Waals surface area contributed by atoms with Crippen molar-refractivity contribution in [2.45, 2.75) is 32.0 Å². The average molecular weight is 513 g/mol. The lowest BCUT2D eigenvalue weighted by Gasteiger charge is -2.33. The first-order valence-corrected chi connectivity index (χ1v) is 12.1. The van der Waals surface area contributed by atoms with Crippen molar-refractivity contribution in [1.29, 1.82) is 0 Å². The van der Waals surface area contributed by atoms with Gasteiger partial charge in [0.15, 0.2) is 5.82 Å². The Bertz CT molecular complexity index is 1250. The second kappa shape index (κ2) is 11.8. The summed E-state index contributed by atoms with van der Waals surface area (Å²) in [4.78, 5) is 31.8. The maximum absolute atomic E-state index is 13.3. The minimum Gasteiger partial charge on any atom is -0.497 e. The molecule has 0 bridgehead atoms. The molecule has 1 N–H and O–H groups in total. The highest BCUT2D eigenvalue weighted by Gasteiger charge is 2.27. The molecule has 0 aliphatic carbocycles. The van der Waals surface area contributed by atoms with E-state index in [9.17, 15) is 9.59 Å². The molecule has 4 rings (SSSR count). The smallest absolute Gasteiger partial charge is 0.410 e. The van der Waals surface area contributed by atoms with Gasteiger partial charge in [0.1, 0.15) is 23.3 Å². The molecule has 9 nitrogen and oxygen atoms in total. The second-order valence-corrected chi connectivity index (χ2v) is 8.83. The third-order valence-corrected chi connectivity index (χ3v) is 6.28. The van der Waals surface area contributed by atoms with Gasteiger partial charge in [-0.1, -0.05) is 41.9 Å². The van der Waals surface area contributed by atoms with Crippen LogP contribution in [0.2, 0.25) is 5.15 Å². The van der Waals surface area contributed by atoms with Crippen molar-refractivity contribution in [3.8, 4) is 11.5 Å². The van der Waals surface area contributed by atoms with E-state index >= 15 is 0 Å². The van der Waals surface area contributed by atoms with E-state index in [1.165, 1.54) is 6.20 Å². The van der Waals surface area contributed by atoms with Gasteiger partial charge in [0.25, 0.3) is 5.56 Å². The number of likely N-dealkylation sites (tertiary alicyclic amines) is 1. The first kappa shape index (κ1) is 25.4. The SMILES string of the molecule is COc1ccc(CNc2nc(Cl)cn(C3CCCN(C(=O)OCc4ccccc4)C3)c2=O)c(OC)c1. The topological polar surface area (TPSA) is 94.9 Å². The number of amides is 1. The second-order valence-electron chi connectivity index (χ2n) is 8.44. The molecule has 2 heterocycles. The molecular formula is C26H29ClN4O5. The molecule has 1 saturated heterocycles. The number of aromatic nitrogens is 2. The predicted molar refractivity (Wildman–Crippen MR) is 137 cm³/mol. The molecule has 0 saturated carbocycles. The van der Waals surface area contributed by atoms with Crippen LogP contribution in [0.25, 0.3) is 0 Å². The fourth-order valence-electron chi connectivity index (χ4n) is 4.20. The molecule has 10 heteroatoms. The van der Waals surface area contributed by atoms with Crippen molar-refractivity contribution >= 4 is 23.5 Å². The Morgan fingerprint density at radius 2 is 1.97 bits per heavy atom. The maximum Gasteiger partial charge on any atom is 0.410 e. The summed E-state index contributed by atoms with van der Waals surface area (Å²) in [5, 5.41) is 3.26. The monoisotopic (exact) mass is 512 g/mol. The van der Waals surface area contributed by atoms with Crippen LogP contribution in [0.3, 0.4) is 0 Å². The van der Waals surface area contributed by atoms with E-state index < -0.39 is 6.09 Å². The molecule has 1 amide bonds. The average Bonchev–Trinajstić information content (AvgIpc) is 2.92. The van der Waals surface area contributed by atoms with Gasteiger partial charge in [-0.2, -0.15) is 0 Å². The van der Waals surface area contributed by atoms with Crippen LogP contribution in [0, 0.1) is 0 Å². The van der Waals surface area contributed by atoms with Gasteiger partial charge in [0.05, 0.1) is 20.3 Å². The quantitative estimate of drug-likeness (QED) is 0.475. The van der Waals surface area contributed by atoms with Gasteiger partial charge in [-0.25, -0.2) is 9.78 Å². The summed E-state index contributed by atoms with van der Waals surface area (Å²) in [6.45, 7) is 1.42. The van der Waals surface area contributed by atoms with Gasteiger partial charge in [-0.15, -0.1) is 0 Å². The number of carbonyl (C=O) groups excluding carboxylic acids is 1. The van der Waals surface area contributed by atoms with Crippen LogP contribution in [-0.2, 0) is 17.9 Å². The van der Waals surface area contributed by atoms with Crippen molar-refractivity contribution in [2.24, 2.45) is 0 Å². The number of rotatable bonds is 8. The third kappa shape index (κ3) is 6.09. The number of halogens is 1. The molecule has 36 heavy (non-hydrogen) atoms. The number of anilines is 1. The van der Waals surface area contributed by atoms with Crippen molar-refractivity contribution in [3.05, 3.63) is 81.4 Å². The van der Waals surface area contributed by atoms with Gasteiger partial charge in [-0.05, 0) is 30.5 Å². The highest BCUT2D eigenvalue weighted by atomic mass is 35.5. The summed E-state index contributed by atoms with van der Waals surface area (Å²) in [5.74, 6) is 1.42. The van der Waals surface area contributed by atoms with E-state index in [2.05, 4.69) is 10.3 Å².